The van der Waals surface area contributed by atoms with E-state index >= 15 is 0 Å². The van der Waals surface area contributed by atoms with Crippen LogP contribution in [0.4, 0.5) is 9.59 Å². The van der Waals surface area contributed by atoms with Crippen LogP contribution < -0.4 is 9.47 Å². The number of halogens is 1. The Morgan fingerprint density at radius 1 is 0.740 bits per heavy atom. The van der Waals surface area contributed by atoms with Crippen LogP contribution in [-0.4, -0.2) is 150 Å². The Morgan fingerprint density at radius 3 is 1.67 bits per heavy atom. The molecule has 4 aliphatic heterocycles. The number of aromatic nitrogens is 2. The Hall–Kier alpha value is -5.76. The highest BCUT2D eigenvalue weighted by atomic mass is 35.7. The molecule has 0 bridgehead atoms. The van der Waals surface area contributed by atoms with Crippen LogP contribution >= 0.6 is 10.7 Å². The maximum absolute atomic E-state index is 12.9. The quantitative estimate of drug-likeness (QED) is 0.112. The Balaban J connectivity index is 0.000000222. The molecule has 5 atom stereocenters. The summed E-state index contributed by atoms with van der Waals surface area (Å²) in [4.78, 5) is 65.0. The Labute approximate surface area is 433 Å². The number of para-hydroxylation sites is 2. The van der Waals surface area contributed by atoms with E-state index in [1.807, 2.05) is 74.5 Å². The molecule has 400 valence electrons. The molecule has 18 nitrogen and oxygen atoms in total. The number of ether oxygens (including phenoxy) is 6. The number of hydrogen-bond donors (Lipinski definition) is 1. The van der Waals surface area contributed by atoms with Gasteiger partial charge in [0.1, 0.15) is 46.0 Å². The number of aliphatic hydroxyl groups excluding tert-OH is 1. The van der Waals surface area contributed by atoms with Gasteiger partial charge in [0.2, 0.25) is 9.05 Å². The fraction of sp³-hybridized carbons (Fsp3) is 0.547. The van der Waals surface area contributed by atoms with Gasteiger partial charge in [-0.3, -0.25) is 9.80 Å². The molecule has 1 N–H and O–H groups in total. The second-order valence-corrected chi connectivity index (χ2v) is 23.5. The largest absolute Gasteiger partial charge is 0.483 e. The van der Waals surface area contributed by atoms with Crippen LogP contribution in [0, 0.1) is 13.8 Å². The SMILES string of the molecule is CCN(CC)CC.COC(=O)[C@@H]1CC2(C=Cc3c(c(C)nc4ccccc34)O2)CN1C(=O)OC(C)(C)C.COC(=O)[C@@H]1CC2(CC(O)c3c(c(C)nc4ccccc34)O2)CN1C(=O)OC(C)(C)C.CS(=O)(=O)Cl. The van der Waals surface area contributed by atoms with Crippen LogP contribution in [-0.2, 0) is 37.6 Å². The zero-order chi connectivity index (χ0) is 54.4. The van der Waals surface area contributed by atoms with E-state index in [2.05, 4.69) is 46.3 Å². The molecule has 2 aromatic carbocycles. The average molecular weight is 1050 g/mol. The van der Waals surface area contributed by atoms with Crippen LogP contribution in [0.3, 0.4) is 0 Å². The molecule has 0 saturated carbocycles. The predicted octanol–water partition coefficient (Wildman–Crippen LogP) is 8.68. The van der Waals surface area contributed by atoms with Crippen molar-refractivity contribution >= 4 is 71.7 Å². The van der Waals surface area contributed by atoms with Gasteiger partial charge in [-0.15, -0.1) is 0 Å². The number of aryl methyl sites for hydroxylation is 2. The molecule has 4 aliphatic rings. The fourth-order valence-electron chi connectivity index (χ4n) is 9.29. The number of benzene rings is 2. The molecule has 6 heterocycles. The lowest BCUT2D eigenvalue weighted by Crippen LogP contribution is -2.46. The predicted molar refractivity (Wildman–Crippen MR) is 279 cm³/mol. The van der Waals surface area contributed by atoms with Crippen molar-refractivity contribution in [2.75, 3.05) is 53.2 Å². The molecule has 0 aliphatic carbocycles. The number of amides is 2. The number of fused-ring (bicyclic) bond motifs is 6. The van der Waals surface area contributed by atoms with Gasteiger partial charge in [-0.1, -0.05) is 63.2 Å². The van der Waals surface area contributed by atoms with Crippen molar-refractivity contribution in [2.24, 2.45) is 0 Å². The van der Waals surface area contributed by atoms with Gasteiger partial charge in [0.25, 0.3) is 0 Å². The molecule has 2 saturated heterocycles. The minimum Gasteiger partial charge on any atom is -0.483 e. The van der Waals surface area contributed by atoms with Crippen molar-refractivity contribution in [2.45, 2.75) is 136 Å². The molecule has 4 aromatic rings. The maximum atomic E-state index is 12.9. The molecule has 2 amide bonds. The standard InChI is InChI=1S/C23H28N2O6.C23H26N2O5.C6H15N.CH3ClO2S/c1-13-19-18(14-8-6-7-9-15(14)24-13)17(26)11-23(30-19)10-16(20(27)29-5)25(12-23)21(28)31-22(2,3)4;1-14-19-16(15-8-6-7-9-17(15)24-14)10-11-23(29-19)12-18(20(26)28-5)25(13-23)21(27)30-22(2,3)4;1-4-7(5-2)6-3;1-5(2,3)4/h6-9,16-17,26H,10-12H2,1-5H3;6-11,18H,12-13H2,1-5H3;4-6H2,1-3H3;1H3/t16-,17?,23?;18-,23?;;/m00../s1. The Bertz CT molecular complexity index is 2800. The lowest BCUT2D eigenvalue weighted by molar-refractivity contribution is -0.146. The van der Waals surface area contributed by atoms with E-state index in [0.717, 1.165) is 39.3 Å². The molecule has 20 heteroatoms. The summed E-state index contributed by atoms with van der Waals surface area (Å²) in [6.45, 7) is 24.8. The van der Waals surface area contributed by atoms with Crippen molar-refractivity contribution in [1.82, 2.24) is 24.7 Å². The molecule has 2 spiro atoms. The van der Waals surface area contributed by atoms with Gasteiger partial charge in [-0.05, 0) is 93.2 Å². The highest BCUT2D eigenvalue weighted by molar-refractivity contribution is 8.13. The zero-order valence-electron chi connectivity index (χ0n) is 44.5. The van der Waals surface area contributed by atoms with Crippen molar-refractivity contribution in [3.8, 4) is 11.5 Å². The van der Waals surface area contributed by atoms with Crippen LogP contribution in [0.2, 0.25) is 0 Å². The van der Waals surface area contributed by atoms with E-state index in [1.54, 1.807) is 41.5 Å². The van der Waals surface area contributed by atoms with Gasteiger partial charge in [0, 0.05) is 51.8 Å². The van der Waals surface area contributed by atoms with Crippen LogP contribution in [0.25, 0.3) is 27.9 Å². The molecule has 0 radical (unpaired) electrons. The summed E-state index contributed by atoms with van der Waals surface area (Å²) >= 11 is 0. The highest BCUT2D eigenvalue weighted by Crippen LogP contribution is 2.49. The molecule has 2 fully saturated rings. The smallest absolute Gasteiger partial charge is 0.411 e. The number of aliphatic hydroxyl groups is 1. The van der Waals surface area contributed by atoms with Gasteiger partial charge >= 0.3 is 24.1 Å². The minimum atomic E-state index is -3.19. The van der Waals surface area contributed by atoms with Gasteiger partial charge in [-0.25, -0.2) is 37.6 Å². The number of methoxy groups -OCH3 is 2. The summed E-state index contributed by atoms with van der Waals surface area (Å²) in [5.74, 6) is 0.145. The first-order valence-electron chi connectivity index (χ1n) is 24.3. The summed E-state index contributed by atoms with van der Waals surface area (Å²) in [5.41, 5.74) is 1.55. The summed E-state index contributed by atoms with van der Waals surface area (Å²) in [6.07, 6.45) is 3.57. The average Bonchev–Trinajstić information content (AvgIpc) is 3.87. The third kappa shape index (κ3) is 14.5. The van der Waals surface area contributed by atoms with Gasteiger partial charge < -0.3 is 38.4 Å². The number of rotatable bonds is 5. The topological polar surface area (TPSA) is 214 Å². The molecule has 2 aromatic heterocycles. The van der Waals surface area contributed by atoms with Crippen molar-refractivity contribution in [3.63, 3.8) is 0 Å². The summed E-state index contributed by atoms with van der Waals surface area (Å²) in [5, 5.41) is 13.0. The second-order valence-electron chi connectivity index (χ2n) is 20.4. The molecular formula is C53H72ClN5O13S. The minimum absolute atomic E-state index is 0.102. The first-order chi connectivity index (χ1) is 34.0. The van der Waals surface area contributed by atoms with Crippen LogP contribution in [0.1, 0.15) is 110 Å². The zero-order valence-corrected chi connectivity index (χ0v) is 46.1. The van der Waals surface area contributed by atoms with Crippen molar-refractivity contribution < 1.29 is 61.1 Å². The van der Waals surface area contributed by atoms with Gasteiger partial charge in [-0.2, -0.15) is 0 Å². The van der Waals surface area contributed by atoms with E-state index < -0.39 is 73.8 Å². The van der Waals surface area contributed by atoms with Crippen LogP contribution in [0.5, 0.6) is 11.5 Å². The van der Waals surface area contributed by atoms with Gasteiger partial charge in [0.15, 0.2) is 0 Å². The lowest BCUT2D eigenvalue weighted by atomic mass is 9.85. The van der Waals surface area contributed by atoms with Gasteiger partial charge in [0.05, 0.1) is 62.1 Å². The third-order valence-corrected chi connectivity index (χ3v) is 12.5. The molecular weight excluding hydrogens is 982 g/mol. The lowest BCUT2D eigenvalue weighted by Gasteiger charge is -2.39. The monoisotopic (exact) mass is 1050 g/mol. The molecule has 73 heavy (non-hydrogen) atoms. The van der Waals surface area contributed by atoms with E-state index in [1.165, 1.54) is 43.7 Å². The van der Waals surface area contributed by atoms with E-state index in [-0.39, 0.29) is 32.4 Å². The number of esters is 2. The number of likely N-dealkylation sites (tertiary alicyclic amines) is 2. The third-order valence-electron chi connectivity index (χ3n) is 12.5. The number of carbonyl (C=O) groups is 4. The first-order valence-corrected chi connectivity index (χ1v) is 27.0. The first kappa shape index (κ1) is 58.1. The number of carbonyl (C=O) groups excluding carboxylic acids is 4. The van der Waals surface area contributed by atoms with E-state index in [9.17, 15) is 32.7 Å². The maximum Gasteiger partial charge on any atom is 0.411 e. The number of nitrogens with zero attached hydrogens (tertiary/aromatic N) is 5. The summed E-state index contributed by atoms with van der Waals surface area (Å²) in [7, 11) is 3.91. The molecule has 3 unspecified atom stereocenters. The Morgan fingerprint density at radius 2 is 1.19 bits per heavy atom. The van der Waals surface area contributed by atoms with Crippen molar-refractivity contribution in [3.05, 3.63) is 77.1 Å². The highest BCUT2D eigenvalue weighted by Gasteiger charge is 2.56. The van der Waals surface area contributed by atoms with E-state index in [4.69, 9.17) is 28.4 Å². The fourth-order valence-corrected chi connectivity index (χ4v) is 9.29. The van der Waals surface area contributed by atoms with Crippen LogP contribution in [0.15, 0.2) is 54.6 Å². The van der Waals surface area contributed by atoms with Crippen molar-refractivity contribution in [1.29, 1.82) is 0 Å². The summed E-state index contributed by atoms with van der Waals surface area (Å²) in [6, 6.07) is 13.8. The molecule has 8 rings (SSSR count). The number of pyridine rings is 2. The number of hydrogen-bond acceptors (Lipinski definition) is 16. The second kappa shape index (κ2) is 23.2. The Kier molecular flexibility index (Phi) is 18.5. The summed E-state index contributed by atoms with van der Waals surface area (Å²) < 4.78 is 52.6. The van der Waals surface area contributed by atoms with E-state index in [0.29, 0.717) is 22.8 Å². The normalized spacial score (nSPS) is 21.8.